The Bertz CT molecular complexity index is 455. The first kappa shape index (κ1) is 13.0. The van der Waals surface area contributed by atoms with Gasteiger partial charge in [0.1, 0.15) is 11.4 Å². The van der Waals surface area contributed by atoms with Crippen molar-refractivity contribution in [3.05, 3.63) is 17.0 Å². The zero-order valence-corrected chi connectivity index (χ0v) is 10.2. The molecule has 0 atom stereocenters. The lowest BCUT2D eigenvalue weighted by Gasteiger charge is -2.28. The number of alkyl halides is 6. The number of hydrogen-bond donors (Lipinski definition) is 0. The van der Waals surface area contributed by atoms with Crippen molar-refractivity contribution in [1.82, 2.24) is 7.99 Å². The predicted molar refractivity (Wildman–Crippen MR) is 53.6 cm³/mol. The summed E-state index contributed by atoms with van der Waals surface area (Å²) >= 11 is 1.20. The molecule has 1 heterocycles. The summed E-state index contributed by atoms with van der Waals surface area (Å²) in [5.74, 6) is -7.25. The lowest BCUT2D eigenvalue weighted by molar-refractivity contribution is -0.0993. The molecule has 0 radical (unpaired) electrons. The van der Waals surface area contributed by atoms with Gasteiger partial charge in [0.25, 0.3) is 18.3 Å². The molecule has 9 heteroatoms. The highest BCUT2D eigenvalue weighted by atomic mass is 127. The standard InChI is InChI=1S/C8H5F6IN2/c9-6(10)4-3-5(17(15)16-4)8(13,14)2-1-7(3,11)12/h6H,1-2H2. The number of rotatable bonds is 1. The molecule has 17 heavy (non-hydrogen) atoms. The fraction of sp³-hybridized carbons (Fsp3) is 0.625. The van der Waals surface area contributed by atoms with E-state index < -0.39 is 48.1 Å². The van der Waals surface area contributed by atoms with Gasteiger partial charge in [-0.05, 0) is 0 Å². The number of hydrogen-bond acceptors (Lipinski definition) is 1. The molecule has 0 spiro atoms. The van der Waals surface area contributed by atoms with Crippen LogP contribution in [0.1, 0.15) is 36.2 Å². The molecule has 0 saturated heterocycles. The quantitative estimate of drug-likeness (QED) is 0.540. The fourth-order valence-corrected chi connectivity index (χ4v) is 2.62. The van der Waals surface area contributed by atoms with E-state index in [0.717, 1.165) is 0 Å². The van der Waals surface area contributed by atoms with Crippen LogP contribution in [-0.2, 0) is 11.8 Å². The minimum Gasteiger partial charge on any atom is -0.203 e. The zero-order chi connectivity index (χ0) is 13.0. The molecule has 0 aliphatic heterocycles. The van der Waals surface area contributed by atoms with Gasteiger partial charge < -0.3 is 0 Å². The van der Waals surface area contributed by atoms with Crippen molar-refractivity contribution >= 4 is 22.9 Å². The van der Waals surface area contributed by atoms with Gasteiger partial charge >= 0.3 is 0 Å². The van der Waals surface area contributed by atoms with Crippen LogP contribution in [0, 0.1) is 0 Å². The van der Waals surface area contributed by atoms with Gasteiger partial charge in [0, 0.05) is 12.8 Å². The first-order valence-electron chi connectivity index (χ1n) is 4.50. The van der Waals surface area contributed by atoms with Gasteiger partial charge in [-0.15, -0.1) is 0 Å². The molecule has 2 rings (SSSR count). The summed E-state index contributed by atoms with van der Waals surface area (Å²) in [4.78, 5) is 0. The van der Waals surface area contributed by atoms with Crippen molar-refractivity contribution in [2.75, 3.05) is 0 Å². The fourth-order valence-electron chi connectivity index (χ4n) is 1.80. The third-order valence-corrected chi connectivity index (χ3v) is 3.24. The second kappa shape index (κ2) is 3.75. The molecular weight excluding hydrogens is 365 g/mol. The van der Waals surface area contributed by atoms with Gasteiger partial charge in [-0.25, -0.2) is 20.5 Å². The summed E-state index contributed by atoms with van der Waals surface area (Å²) in [5.41, 5.74) is -3.71. The van der Waals surface area contributed by atoms with Gasteiger partial charge in [0.2, 0.25) is 0 Å². The summed E-state index contributed by atoms with van der Waals surface area (Å²) in [7, 11) is 0. The molecule has 0 fully saturated rings. The van der Waals surface area contributed by atoms with Gasteiger partial charge in [-0.1, -0.05) is 0 Å². The van der Waals surface area contributed by atoms with Gasteiger partial charge in [0.05, 0.1) is 28.4 Å². The smallest absolute Gasteiger partial charge is 0.203 e. The Morgan fingerprint density at radius 1 is 1.12 bits per heavy atom. The first-order valence-corrected chi connectivity index (χ1v) is 5.47. The molecule has 0 aromatic carbocycles. The molecule has 1 aliphatic carbocycles. The van der Waals surface area contributed by atoms with E-state index in [1.807, 2.05) is 0 Å². The van der Waals surface area contributed by atoms with Crippen LogP contribution in [-0.4, -0.2) is 7.99 Å². The lowest BCUT2D eigenvalue weighted by Crippen LogP contribution is -2.31. The molecule has 0 bridgehead atoms. The lowest BCUT2D eigenvalue weighted by atomic mass is 9.89. The highest BCUT2D eigenvalue weighted by Gasteiger charge is 2.54. The van der Waals surface area contributed by atoms with E-state index in [4.69, 9.17) is 0 Å². The van der Waals surface area contributed by atoms with Crippen LogP contribution in [0.5, 0.6) is 0 Å². The maximum absolute atomic E-state index is 13.5. The summed E-state index contributed by atoms with van der Waals surface area (Å²) < 4.78 is 79.2. The molecule has 1 aromatic rings. The van der Waals surface area contributed by atoms with E-state index in [9.17, 15) is 26.3 Å². The number of nitrogens with zero attached hydrogens (tertiary/aromatic N) is 2. The van der Waals surface area contributed by atoms with Crippen LogP contribution in [0.25, 0.3) is 0 Å². The normalized spacial score (nSPS) is 21.6. The summed E-state index contributed by atoms with van der Waals surface area (Å²) in [5, 5.41) is 3.08. The highest BCUT2D eigenvalue weighted by Crippen LogP contribution is 2.52. The maximum Gasteiger partial charge on any atom is 0.291 e. The van der Waals surface area contributed by atoms with Crippen LogP contribution >= 0.6 is 22.9 Å². The third-order valence-electron chi connectivity index (χ3n) is 2.54. The Morgan fingerprint density at radius 3 is 2.18 bits per heavy atom. The van der Waals surface area contributed by atoms with E-state index in [-0.39, 0.29) is 0 Å². The summed E-state index contributed by atoms with van der Waals surface area (Å²) in [6, 6.07) is 0. The average molecular weight is 370 g/mol. The Balaban J connectivity index is 2.73. The van der Waals surface area contributed by atoms with Crippen LogP contribution in [0.4, 0.5) is 26.3 Å². The van der Waals surface area contributed by atoms with E-state index >= 15 is 0 Å². The number of aromatic nitrogens is 2. The van der Waals surface area contributed by atoms with Crippen LogP contribution in [0.3, 0.4) is 0 Å². The molecule has 2 nitrogen and oxygen atoms in total. The van der Waals surface area contributed by atoms with Crippen molar-refractivity contribution in [2.24, 2.45) is 0 Å². The molecular formula is C8H5F6IN2. The first-order chi connectivity index (χ1) is 7.67. The molecule has 0 saturated carbocycles. The molecule has 1 aromatic heterocycles. The molecule has 0 amide bonds. The topological polar surface area (TPSA) is 17.8 Å². The van der Waals surface area contributed by atoms with Gasteiger partial charge in [0.15, 0.2) is 0 Å². The van der Waals surface area contributed by atoms with Gasteiger partial charge in [-0.3, -0.25) is 0 Å². The van der Waals surface area contributed by atoms with Crippen molar-refractivity contribution in [3.8, 4) is 0 Å². The predicted octanol–water partition coefficient (Wildman–Crippen LogP) is 4.00. The molecule has 1 aliphatic rings. The second-order valence-electron chi connectivity index (χ2n) is 3.68. The Morgan fingerprint density at radius 2 is 1.65 bits per heavy atom. The van der Waals surface area contributed by atoms with Crippen molar-refractivity contribution in [1.29, 1.82) is 0 Å². The Labute approximate surface area is 105 Å². The summed E-state index contributed by atoms with van der Waals surface area (Å²) in [6.45, 7) is 0. The Hall–Kier alpha value is -0.480. The SMILES string of the molecule is FC(F)c1nn(I)c2c1C(F)(F)CCC2(F)F. The summed E-state index contributed by atoms with van der Waals surface area (Å²) in [6.07, 6.45) is -5.54. The van der Waals surface area contributed by atoms with E-state index in [0.29, 0.717) is 2.90 Å². The molecule has 0 unspecified atom stereocenters. The second-order valence-corrected chi connectivity index (χ2v) is 4.59. The monoisotopic (exact) mass is 370 g/mol. The van der Waals surface area contributed by atoms with Crippen LogP contribution < -0.4 is 0 Å². The van der Waals surface area contributed by atoms with Gasteiger partial charge in [-0.2, -0.15) is 13.9 Å². The highest BCUT2D eigenvalue weighted by molar-refractivity contribution is 14.1. The van der Waals surface area contributed by atoms with E-state index in [1.54, 1.807) is 0 Å². The van der Waals surface area contributed by atoms with E-state index in [2.05, 4.69) is 5.10 Å². The van der Waals surface area contributed by atoms with Crippen molar-refractivity contribution in [3.63, 3.8) is 0 Å². The minimum atomic E-state index is -3.69. The maximum atomic E-state index is 13.5. The van der Waals surface area contributed by atoms with Crippen molar-refractivity contribution < 1.29 is 26.3 Å². The molecule has 96 valence electrons. The average Bonchev–Trinajstić information content (AvgIpc) is 2.53. The van der Waals surface area contributed by atoms with Crippen LogP contribution in [0.15, 0.2) is 0 Å². The zero-order valence-electron chi connectivity index (χ0n) is 8.03. The third kappa shape index (κ3) is 1.91. The number of halogens is 7. The number of fused-ring (bicyclic) bond motifs is 1. The largest absolute Gasteiger partial charge is 0.291 e. The van der Waals surface area contributed by atoms with Crippen LogP contribution in [0.2, 0.25) is 0 Å². The van der Waals surface area contributed by atoms with E-state index in [1.165, 1.54) is 22.9 Å². The minimum absolute atomic E-state index is 0.391. The Kier molecular flexibility index (Phi) is 2.86. The van der Waals surface area contributed by atoms with Crippen molar-refractivity contribution in [2.45, 2.75) is 31.1 Å². The molecule has 0 N–H and O–H groups in total.